The van der Waals surface area contributed by atoms with Crippen LogP contribution >= 0.6 is 0 Å². The number of allylic oxidation sites excluding steroid dienone is 4. The van der Waals surface area contributed by atoms with Crippen molar-refractivity contribution in [3.63, 3.8) is 0 Å². The molecular weight excluding hydrogens is 459 g/mol. The van der Waals surface area contributed by atoms with Gasteiger partial charge in [0, 0.05) is 0 Å². The van der Waals surface area contributed by atoms with Crippen LogP contribution in [0.5, 0.6) is 0 Å². The Bertz CT molecular complexity index is 968. The molecule has 3 aromatic rings. The van der Waals surface area contributed by atoms with Gasteiger partial charge in [0.2, 0.25) is 0 Å². The summed E-state index contributed by atoms with van der Waals surface area (Å²) in [5.74, 6) is 0. The average Bonchev–Trinajstić information content (AvgIpc) is 3.02. The van der Waals surface area contributed by atoms with Gasteiger partial charge < -0.3 is 0 Å². The minimum absolute atomic E-state index is 1.16. The maximum atomic E-state index is 2.49. The van der Waals surface area contributed by atoms with Gasteiger partial charge in [-0.25, -0.2) is 0 Å². The van der Waals surface area contributed by atoms with Gasteiger partial charge in [0.1, 0.15) is 0 Å². The van der Waals surface area contributed by atoms with Crippen molar-refractivity contribution >= 4 is 27.1 Å². The van der Waals surface area contributed by atoms with Crippen LogP contribution in [0, 0.1) is 0 Å². The zero-order valence-corrected chi connectivity index (χ0v) is 16.1. The van der Waals surface area contributed by atoms with E-state index in [9.17, 15) is 0 Å². The molecule has 0 N–H and O–H groups in total. The summed E-state index contributed by atoms with van der Waals surface area (Å²) in [6, 6.07) is 20.2. The predicted molar refractivity (Wildman–Crippen MR) is 99.7 cm³/mol. The van der Waals surface area contributed by atoms with E-state index in [2.05, 4.69) is 82.7 Å². The van der Waals surface area contributed by atoms with Crippen LogP contribution in [0.15, 0.2) is 70.7 Å². The van der Waals surface area contributed by atoms with Crippen LogP contribution in [0.25, 0.3) is 27.1 Å². The number of fused-ring (bicyclic) bond motifs is 2. The molecule has 0 heterocycles. The normalized spacial score (nSPS) is 15.8. The summed E-state index contributed by atoms with van der Waals surface area (Å²) in [4.78, 5) is 0. The second kappa shape index (κ2) is 5.46. The van der Waals surface area contributed by atoms with E-state index in [-0.39, 0.29) is 0 Å². The van der Waals surface area contributed by atoms with Crippen molar-refractivity contribution in [3.05, 3.63) is 76.3 Å². The molecule has 0 bridgehead atoms. The first-order valence-corrected chi connectivity index (χ1v) is 15.7. The second-order valence-corrected chi connectivity index (χ2v) is 18.2. The zero-order valence-electron chi connectivity index (χ0n) is 13.9. The fourth-order valence-electron chi connectivity index (χ4n) is 3.27. The van der Waals surface area contributed by atoms with Crippen LogP contribution < -0.4 is 0 Å². The summed E-state index contributed by atoms with van der Waals surface area (Å²) in [5, 5.41) is 12.8. The Labute approximate surface area is 141 Å². The van der Waals surface area contributed by atoms with Crippen molar-refractivity contribution in [2.24, 2.45) is 0 Å². The minimum atomic E-state index is -1.71. The van der Waals surface area contributed by atoms with Gasteiger partial charge in [-0.3, -0.25) is 0 Å². The van der Waals surface area contributed by atoms with Crippen molar-refractivity contribution < 1.29 is 16.1 Å². The second-order valence-electron chi connectivity index (χ2n) is 6.57. The third-order valence-corrected chi connectivity index (χ3v) is 9.62. The molecule has 0 nitrogen and oxygen atoms in total. The first-order chi connectivity index (χ1) is 11.0. The Morgan fingerprint density at radius 3 is 2.09 bits per heavy atom. The molecule has 120 valence electrons. The van der Waals surface area contributed by atoms with Gasteiger partial charge in [0.05, 0.1) is 0 Å². The number of hydrogen-bond acceptors (Lipinski definition) is 0. The molecule has 0 aromatic heterocycles. The molecule has 23 heavy (non-hydrogen) atoms. The van der Waals surface area contributed by atoms with Crippen molar-refractivity contribution in [2.45, 2.75) is 22.4 Å². The number of rotatable bonds is 2. The van der Waals surface area contributed by atoms with Gasteiger partial charge in [-0.2, -0.15) is 0 Å². The van der Waals surface area contributed by atoms with Gasteiger partial charge in [0.25, 0.3) is 0 Å². The monoisotopic (exact) mass is 481 g/mol. The van der Waals surface area contributed by atoms with Crippen LogP contribution in [0.4, 0.5) is 0 Å². The Morgan fingerprint density at radius 2 is 1.39 bits per heavy atom. The summed E-state index contributed by atoms with van der Waals surface area (Å²) in [7, 11) is 0. The Hall–Kier alpha value is -1.65. The standard InChI is InChI=1S/C19H13.3CH3.Pt/c1-2-6-14(5-1)17-9-10-18-11-15-7-3-4-8-16(15)12-19(18)13-17;;;;/h1,3-5,7-13H,2H2;3*1H3;. The fraction of sp³-hybridized carbons (Fsp3) is 0.182. The summed E-state index contributed by atoms with van der Waals surface area (Å²) in [6.45, 7) is 0. The van der Waals surface area contributed by atoms with Crippen LogP contribution in [-0.2, 0) is 16.1 Å². The van der Waals surface area contributed by atoms with Crippen molar-refractivity contribution in [1.29, 1.82) is 0 Å². The van der Waals surface area contributed by atoms with Crippen molar-refractivity contribution in [1.82, 2.24) is 0 Å². The summed E-state index contributed by atoms with van der Waals surface area (Å²) < 4.78 is 1.72. The summed E-state index contributed by atoms with van der Waals surface area (Å²) >= 11 is -1.71. The maximum absolute atomic E-state index is 2.49. The van der Waals surface area contributed by atoms with E-state index in [1.54, 1.807) is 3.96 Å². The molecule has 3 aromatic carbocycles. The van der Waals surface area contributed by atoms with E-state index in [1.807, 2.05) is 0 Å². The van der Waals surface area contributed by atoms with Crippen LogP contribution in [-0.4, -0.2) is 0 Å². The molecule has 1 aliphatic carbocycles. The quantitative estimate of drug-likeness (QED) is 0.347. The van der Waals surface area contributed by atoms with Gasteiger partial charge in [-0.05, 0) is 0 Å². The molecule has 0 fully saturated rings. The molecule has 0 amide bonds. The molecule has 1 aliphatic rings. The van der Waals surface area contributed by atoms with E-state index < -0.39 is 16.1 Å². The van der Waals surface area contributed by atoms with Gasteiger partial charge >= 0.3 is 142 Å². The van der Waals surface area contributed by atoms with E-state index in [0.717, 1.165) is 6.42 Å². The Balaban J connectivity index is 1.92. The molecule has 1 heteroatoms. The number of benzene rings is 3. The molecule has 0 unspecified atom stereocenters. The Morgan fingerprint density at radius 1 is 0.739 bits per heavy atom. The first kappa shape index (κ1) is 14.9. The fourth-order valence-corrected chi connectivity index (χ4v) is 7.28. The van der Waals surface area contributed by atoms with Gasteiger partial charge in [0.15, 0.2) is 0 Å². The molecular formula is C22H22Pt. The topological polar surface area (TPSA) is 0 Å². The van der Waals surface area contributed by atoms with Crippen LogP contribution in [0.3, 0.4) is 0 Å². The van der Waals surface area contributed by atoms with E-state index in [0.29, 0.717) is 0 Å². The third-order valence-electron chi connectivity index (χ3n) is 4.43. The summed E-state index contributed by atoms with van der Waals surface area (Å²) in [5.41, 5.74) is 2.87. The van der Waals surface area contributed by atoms with Crippen LogP contribution in [0.1, 0.15) is 12.0 Å². The molecule has 0 saturated heterocycles. The SMILES string of the molecule is [CH3][Pt]([CH3])([CH3])[C]1=C(c2ccc3cc4ccccc4cc3c2)C=CC1. The average molecular weight is 481 g/mol. The predicted octanol–water partition coefficient (Wildman–Crippen LogP) is 6.96. The third kappa shape index (κ3) is 2.70. The summed E-state index contributed by atoms with van der Waals surface area (Å²) in [6.07, 6.45) is 5.84. The van der Waals surface area contributed by atoms with Crippen LogP contribution in [0.2, 0.25) is 15.9 Å². The van der Waals surface area contributed by atoms with E-state index >= 15 is 0 Å². The zero-order chi connectivity index (χ0) is 16.0. The van der Waals surface area contributed by atoms with Crippen molar-refractivity contribution in [3.8, 4) is 0 Å². The molecule has 0 saturated carbocycles. The first-order valence-electron chi connectivity index (χ1n) is 7.71. The molecule has 0 spiro atoms. The van der Waals surface area contributed by atoms with Gasteiger partial charge in [-0.15, -0.1) is 0 Å². The molecule has 0 aliphatic heterocycles. The Kier molecular flexibility index (Phi) is 3.54. The molecule has 0 atom stereocenters. The van der Waals surface area contributed by atoms with Crippen molar-refractivity contribution in [2.75, 3.05) is 0 Å². The molecule has 4 rings (SSSR count). The molecule has 0 radical (unpaired) electrons. The van der Waals surface area contributed by atoms with Gasteiger partial charge in [-0.1, -0.05) is 0 Å². The number of hydrogen-bond donors (Lipinski definition) is 0. The van der Waals surface area contributed by atoms with E-state index in [1.165, 1.54) is 32.7 Å². The van der Waals surface area contributed by atoms with E-state index in [4.69, 9.17) is 0 Å².